The smallest absolute Gasteiger partial charge is 0.180 e. The van der Waals surface area contributed by atoms with Crippen molar-refractivity contribution in [3.05, 3.63) is 58.7 Å². The van der Waals surface area contributed by atoms with E-state index in [1.54, 1.807) is 0 Å². The van der Waals surface area contributed by atoms with E-state index in [0.29, 0.717) is 25.7 Å². The molecule has 6 rings (SSSR count). The van der Waals surface area contributed by atoms with Crippen molar-refractivity contribution in [2.75, 3.05) is 0 Å². The summed E-state index contributed by atoms with van der Waals surface area (Å²) in [5.74, 6) is -2.45. The van der Waals surface area contributed by atoms with E-state index < -0.39 is 50.0 Å². The van der Waals surface area contributed by atoms with Crippen LogP contribution in [-0.2, 0) is 9.59 Å². The molecule has 0 heterocycles. The maximum absolute atomic E-state index is 15.6. The zero-order valence-electron chi connectivity index (χ0n) is 27.9. The van der Waals surface area contributed by atoms with Gasteiger partial charge in [-0.1, -0.05) is 55.7 Å². The first kappa shape index (κ1) is 32.4. The first-order valence-corrected chi connectivity index (χ1v) is 16.1. The number of hydrogen-bond donors (Lipinski definition) is 3. The van der Waals surface area contributed by atoms with Gasteiger partial charge in [0.15, 0.2) is 28.8 Å². The van der Waals surface area contributed by atoms with E-state index in [1.807, 2.05) is 68.4 Å². The summed E-state index contributed by atoms with van der Waals surface area (Å²) in [6.45, 7) is 17.9. The third-order valence-electron chi connectivity index (χ3n) is 12.5. The number of allylic oxidation sites excluding steroid dienone is 6. The molecule has 0 saturated heterocycles. The molecule has 44 heavy (non-hydrogen) atoms. The van der Waals surface area contributed by atoms with E-state index in [1.165, 1.54) is 18.2 Å². The molecule has 0 aliphatic heterocycles. The Hall–Kier alpha value is -2.99. The number of hydrogen-bond acceptors (Lipinski definition) is 6. The second kappa shape index (κ2) is 10.0. The van der Waals surface area contributed by atoms with Crippen molar-refractivity contribution in [1.82, 2.24) is 0 Å². The second-order valence-electron chi connectivity index (χ2n) is 16.0. The van der Waals surface area contributed by atoms with Crippen LogP contribution in [-0.4, -0.2) is 38.3 Å². The summed E-state index contributed by atoms with van der Waals surface area (Å²) in [5.41, 5.74) is -5.33. The zero-order valence-corrected chi connectivity index (χ0v) is 27.9. The van der Waals surface area contributed by atoms with Crippen molar-refractivity contribution >= 4 is 17.3 Å². The van der Waals surface area contributed by atoms with Crippen LogP contribution < -0.4 is 0 Å². The number of ketones is 3. The Kier molecular flexibility index (Phi) is 7.37. The quantitative estimate of drug-likeness (QED) is 0.122. The van der Waals surface area contributed by atoms with Crippen LogP contribution in [0.3, 0.4) is 0 Å². The number of carbonyl (C=O) groups excluding carboxylic acids is 3. The number of Topliss-reactive ketones (excluding diaryl/α,β-unsaturated/α-hetero) is 3. The number of aliphatic hydroxyl groups is 1. The molecule has 1 aromatic rings. The Morgan fingerprint density at radius 1 is 0.818 bits per heavy atom. The van der Waals surface area contributed by atoms with Gasteiger partial charge >= 0.3 is 0 Å². The third-order valence-corrected chi connectivity index (χ3v) is 12.5. The van der Waals surface area contributed by atoms with E-state index >= 15 is 14.4 Å². The van der Waals surface area contributed by atoms with Crippen LogP contribution in [0.5, 0.6) is 11.5 Å². The predicted molar refractivity (Wildman–Crippen MR) is 171 cm³/mol. The van der Waals surface area contributed by atoms with Crippen molar-refractivity contribution < 1.29 is 29.7 Å². The monoisotopic (exact) mass is 602 g/mol. The predicted octanol–water partition coefficient (Wildman–Crippen LogP) is 7.67. The molecular formula is C38H50O6. The summed E-state index contributed by atoms with van der Waals surface area (Å²) in [6, 6.07) is 3.87. The molecule has 5 bridgehead atoms. The van der Waals surface area contributed by atoms with Crippen LogP contribution in [0, 0.1) is 38.9 Å². The van der Waals surface area contributed by atoms with Gasteiger partial charge in [0.05, 0.1) is 10.8 Å². The van der Waals surface area contributed by atoms with Crippen molar-refractivity contribution in [3.8, 4) is 11.5 Å². The maximum atomic E-state index is 15.6. The highest BCUT2D eigenvalue weighted by Gasteiger charge is 2.95. The highest BCUT2D eigenvalue weighted by atomic mass is 16.3. The molecule has 1 aromatic carbocycles. The highest BCUT2D eigenvalue weighted by Crippen LogP contribution is 2.86. The summed E-state index contributed by atoms with van der Waals surface area (Å²) in [5, 5.41) is 34.3. The number of phenols is 2. The van der Waals surface area contributed by atoms with E-state index in [9.17, 15) is 15.3 Å². The molecule has 6 heteroatoms. The fraction of sp³-hybridized carbons (Fsp3) is 0.605. The van der Waals surface area contributed by atoms with Crippen LogP contribution in [0.4, 0.5) is 0 Å². The molecule has 5 aliphatic carbocycles. The van der Waals surface area contributed by atoms with Gasteiger partial charge in [0.1, 0.15) is 11.0 Å². The number of benzene rings is 1. The van der Waals surface area contributed by atoms with E-state index in [-0.39, 0.29) is 41.8 Å². The average Bonchev–Trinajstić information content (AvgIpc) is 3.07. The normalized spacial score (nSPS) is 37.9. The largest absolute Gasteiger partial charge is 0.504 e. The van der Waals surface area contributed by atoms with Gasteiger partial charge in [-0.15, -0.1) is 0 Å². The lowest BCUT2D eigenvalue weighted by molar-refractivity contribution is -0.299. The van der Waals surface area contributed by atoms with Crippen molar-refractivity contribution in [1.29, 1.82) is 0 Å². The van der Waals surface area contributed by atoms with Gasteiger partial charge in [-0.3, -0.25) is 14.4 Å². The highest BCUT2D eigenvalue weighted by molar-refractivity contribution is 6.28. The standard InChI is InChI=1S/C38H50O6/c1-22(2)10-13-26-19-36-20-27(14-11-23(3)4)34(9)21-35(31(36)42,17-16-24(5)6)32(43)37(33(26,7)8,38(34,36)44)30(41)25-12-15-28(39)29(40)18-25/h10-12,15-16,18,26-27,39-40,44H,13-14,17,19-21H2,1-9H3/t26?,27-,34+,35+,36+,37-,38-/m0/s1. The molecule has 1 unspecified atom stereocenters. The van der Waals surface area contributed by atoms with Crippen LogP contribution in [0.25, 0.3) is 0 Å². The molecule has 0 amide bonds. The lowest BCUT2D eigenvalue weighted by Gasteiger charge is -2.76. The summed E-state index contributed by atoms with van der Waals surface area (Å²) >= 11 is 0. The molecule has 6 nitrogen and oxygen atoms in total. The van der Waals surface area contributed by atoms with Crippen molar-refractivity contribution in [3.63, 3.8) is 0 Å². The lowest BCUT2D eigenvalue weighted by atomic mass is 9.24. The Balaban J connectivity index is 1.92. The lowest BCUT2D eigenvalue weighted by Crippen LogP contribution is -2.89. The van der Waals surface area contributed by atoms with Gasteiger partial charge in [0.2, 0.25) is 0 Å². The van der Waals surface area contributed by atoms with E-state index in [4.69, 9.17) is 0 Å². The molecule has 5 saturated carbocycles. The number of phenolic OH excluding ortho intramolecular Hbond substituents is 2. The van der Waals surface area contributed by atoms with E-state index in [0.717, 1.165) is 16.7 Å². The van der Waals surface area contributed by atoms with Gasteiger partial charge in [-0.2, -0.15) is 0 Å². The fourth-order valence-corrected chi connectivity index (χ4v) is 10.4. The van der Waals surface area contributed by atoms with Crippen LogP contribution in [0.1, 0.15) is 111 Å². The maximum Gasteiger partial charge on any atom is 0.180 e. The van der Waals surface area contributed by atoms with Gasteiger partial charge in [0.25, 0.3) is 0 Å². The number of rotatable bonds is 8. The molecule has 0 aromatic heterocycles. The summed E-state index contributed by atoms with van der Waals surface area (Å²) in [6.07, 6.45) is 8.65. The number of aromatic hydroxyl groups is 2. The summed E-state index contributed by atoms with van der Waals surface area (Å²) in [4.78, 5) is 46.2. The first-order chi connectivity index (χ1) is 20.3. The van der Waals surface area contributed by atoms with Crippen LogP contribution in [0.15, 0.2) is 53.1 Å². The van der Waals surface area contributed by atoms with Gasteiger partial charge in [-0.05, 0) is 116 Å². The Bertz CT molecular complexity index is 1530. The summed E-state index contributed by atoms with van der Waals surface area (Å²) in [7, 11) is 0. The molecule has 5 fully saturated rings. The first-order valence-electron chi connectivity index (χ1n) is 16.1. The van der Waals surface area contributed by atoms with Crippen molar-refractivity contribution in [2.45, 2.75) is 106 Å². The zero-order chi connectivity index (χ0) is 32.8. The minimum absolute atomic E-state index is 0.0503. The fourth-order valence-electron chi connectivity index (χ4n) is 10.4. The molecule has 7 atom stereocenters. The van der Waals surface area contributed by atoms with E-state index in [2.05, 4.69) is 12.2 Å². The molecule has 3 N–H and O–H groups in total. The molecule has 0 radical (unpaired) electrons. The molecular weight excluding hydrogens is 552 g/mol. The van der Waals surface area contributed by atoms with Crippen LogP contribution in [0.2, 0.25) is 0 Å². The van der Waals surface area contributed by atoms with Crippen LogP contribution >= 0.6 is 0 Å². The second-order valence-corrected chi connectivity index (χ2v) is 16.0. The Labute approximate surface area is 262 Å². The third kappa shape index (κ3) is 3.66. The molecule has 0 spiro atoms. The minimum atomic E-state index is -1.96. The minimum Gasteiger partial charge on any atom is -0.504 e. The molecule has 238 valence electrons. The Morgan fingerprint density at radius 3 is 1.91 bits per heavy atom. The van der Waals surface area contributed by atoms with Gasteiger partial charge < -0.3 is 15.3 Å². The van der Waals surface area contributed by atoms with Gasteiger partial charge in [0, 0.05) is 11.0 Å². The SMILES string of the molecule is CC(C)=CCC1C[C@@]23C[C@H](CC=C(C)C)[C@@]4(C)C[C@](CC=C(C)C)(C2=O)C(=O)[C@@](C(=O)c2ccc(O)c(O)c2)(C1(C)C)[C@@]34O. The number of carbonyl (C=O) groups is 3. The van der Waals surface area contributed by atoms with Gasteiger partial charge in [-0.25, -0.2) is 0 Å². The topological polar surface area (TPSA) is 112 Å². The van der Waals surface area contributed by atoms with Crippen molar-refractivity contribution in [2.24, 2.45) is 38.9 Å². The average molecular weight is 603 g/mol. The summed E-state index contributed by atoms with van der Waals surface area (Å²) < 4.78 is 0. The molecule has 5 aliphatic rings. The Morgan fingerprint density at radius 2 is 1.36 bits per heavy atom.